The topological polar surface area (TPSA) is 101 Å². The first-order valence-electron chi connectivity index (χ1n) is 12.7. The minimum absolute atomic E-state index is 0.0808. The highest BCUT2D eigenvalue weighted by Gasteiger charge is 2.34. The number of carbonyl (C=O) groups excluding carboxylic acids is 2. The fraction of sp³-hybridized carbons (Fsp3) is 0.167. The number of fused-ring (bicyclic) bond motifs is 2. The molecule has 0 unspecified atom stereocenters. The molecular formula is C30H24N4O5. The van der Waals surface area contributed by atoms with E-state index in [1.54, 1.807) is 24.1 Å². The van der Waals surface area contributed by atoms with E-state index in [1.807, 2.05) is 54.6 Å². The number of carbonyl (C=O) groups is 2. The number of nitrogens with one attached hydrogen (secondary N) is 1. The van der Waals surface area contributed by atoms with Crippen LogP contribution in [0.15, 0.2) is 81.9 Å². The van der Waals surface area contributed by atoms with Gasteiger partial charge in [-0.05, 0) is 42.5 Å². The molecule has 2 aromatic heterocycles. The van der Waals surface area contributed by atoms with Crippen molar-refractivity contribution >= 4 is 39.7 Å². The number of furan rings is 1. The van der Waals surface area contributed by atoms with Crippen LogP contribution in [-0.2, 0) is 0 Å². The summed E-state index contributed by atoms with van der Waals surface area (Å²) in [6.07, 6.45) is 1.50. The smallest absolute Gasteiger partial charge is 0.289 e. The Morgan fingerprint density at radius 1 is 0.974 bits per heavy atom. The van der Waals surface area contributed by atoms with Gasteiger partial charge in [0.15, 0.2) is 17.3 Å². The van der Waals surface area contributed by atoms with Gasteiger partial charge in [0.2, 0.25) is 0 Å². The summed E-state index contributed by atoms with van der Waals surface area (Å²) in [5.74, 6) is 1.46. The van der Waals surface area contributed by atoms with E-state index in [0.29, 0.717) is 65.4 Å². The summed E-state index contributed by atoms with van der Waals surface area (Å²) in [6.45, 7) is 2.23. The first-order chi connectivity index (χ1) is 19.1. The van der Waals surface area contributed by atoms with Crippen molar-refractivity contribution in [3.05, 3.63) is 89.9 Å². The number of piperazine rings is 1. The van der Waals surface area contributed by atoms with Crippen LogP contribution in [0.4, 0.5) is 17.1 Å². The predicted molar refractivity (Wildman–Crippen MR) is 146 cm³/mol. The van der Waals surface area contributed by atoms with Crippen molar-refractivity contribution in [3.8, 4) is 17.1 Å². The summed E-state index contributed by atoms with van der Waals surface area (Å²) in [5.41, 5.74) is 4.81. The lowest BCUT2D eigenvalue weighted by Crippen LogP contribution is -2.48. The van der Waals surface area contributed by atoms with Crippen molar-refractivity contribution < 1.29 is 23.3 Å². The molecule has 0 atom stereocenters. The fourth-order valence-corrected chi connectivity index (χ4v) is 5.42. The number of nitrogens with zero attached hydrogens (tertiary/aromatic N) is 3. The molecule has 9 heteroatoms. The van der Waals surface area contributed by atoms with Gasteiger partial charge in [-0.3, -0.25) is 9.59 Å². The molecule has 1 saturated heterocycles. The number of methoxy groups -OCH3 is 1. The highest BCUT2D eigenvalue weighted by atomic mass is 16.5. The van der Waals surface area contributed by atoms with Gasteiger partial charge < -0.3 is 28.8 Å². The van der Waals surface area contributed by atoms with E-state index in [1.165, 1.54) is 6.26 Å². The Morgan fingerprint density at radius 3 is 2.46 bits per heavy atom. The van der Waals surface area contributed by atoms with Crippen LogP contribution in [0.3, 0.4) is 0 Å². The van der Waals surface area contributed by atoms with Crippen molar-refractivity contribution in [2.75, 3.05) is 43.5 Å². The lowest BCUT2D eigenvalue weighted by molar-refractivity contribution is 0.0714. The monoisotopic (exact) mass is 520 g/mol. The molecule has 0 radical (unpaired) electrons. The quantitative estimate of drug-likeness (QED) is 0.325. The molecule has 194 valence electrons. The highest BCUT2D eigenvalue weighted by Crippen LogP contribution is 2.46. The van der Waals surface area contributed by atoms with E-state index in [2.05, 4.69) is 15.4 Å². The summed E-state index contributed by atoms with van der Waals surface area (Å²) in [5, 5.41) is 8.61. The Labute approximate surface area is 223 Å². The average molecular weight is 521 g/mol. The standard InChI is InChI=1S/C30H24N4O5/c1-37-19-10-8-18(9-11-19)31-22-17-23(33-12-14-34(15-13-33)30(36)24-7-4-16-38-24)27-26-25(22)28(35)20-5-2-3-6-21(20)29(26)39-32-27/h2-11,16-17,31H,12-15H2,1H3. The van der Waals surface area contributed by atoms with E-state index in [0.717, 1.165) is 22.7 Å². The maximum atomic E-state index is 13.8. The second kappa shape index (κ2) is 9.05. The minimum atomic E-state index is -0.123. The van der Waals surface area contributed by atoms with Gasteiger partial charge in [-0.1, -0.05) is 29.4 Å². The molecule has 7 rings (SSSR count). The molecule has 1 amide bonds. The van der Waals surface area contributed by atoms with Crippen LogP contribution < -0.4 is 15.0 Å². The molecule has 0 saturated carbocycles. The van der Waals surface area contributed by atoms with E-state index >= 15 is 0 Å². The number of amides is 1. The first-order valence-corrected chi connectivity index (χ1v) is 12.7. The Kier molecular flexibility index (Phi) is 5.36. The summed E-state index contributed by atoms with van der Waals surface area (Å²) >= 11 is 0. The SMILES string of the molecule is COc1ccc(Nc2cc(N3CCN(C(=O)c4ccco4)CC3)c3noc4c3c2C(=O)c2ccccc2-4)cc1. The molecule has 1 aliphatic carbocycles. The fourth-order valence-electron chi connectivity index (χ4n) is 5.42. The number of hydrogen-bond donors (Lipinski definition) is 1. The van der Waals surface area contributed by atoms with Crippen molar-refractivity contribution in [2.45, 2.75) is 0 Å². The molecule has 3 aromatic carbocycles. The number of ketones is 1. The highest BCUT2D eigenvalue weighted by molar-refractivity contribution is 6.28. The third-order valence-electron chi connectivity index (χ3n) is 7.39. The third kappa shape index (κ3) is 3.73. The van der Waals surface area contributed by atoms with Gasteiger partial charge >= 0.3 is 0 Å². The van der Waals surface area contributed by atoms with Crippen molar-refractivity contribution in [2.24, 2.45) is 0 Å². The number of rotatable bonds is 5. The van der Waals surface area contributed by atoms with Crippen LogP contribution in [0.1, 0.15) is 26.5 Å². The molecule has 3 heterocycles. The molecule has 1 aliphatic heterocycles. The van der Waals surface area contributed by atoms with Crippen LogP contribution in [-0.4, -0.2) is 55.0 Å². The number of ether oxygens (including phenoxy) is 1. The number of anilines is 3. The molecule has 1 N–H and O–H groups in total. The zero-order chi connectivity index (χ0) is 26.5. The van der Waals surface area contributed by atoms with Crippen LogP contribution in [0.2, 0.25) is 0 Å². The lowest BCUT2D eigenvalue weighted by Gasteiger charge is -2.36. The van der Waals surface area contributed by atoms with Crippen LogP contribution in [0, 0.1) is 0 Å². The maximum Gasteiger partial charge on any atom is 0.289 e. The molecule has 1 fully saturated rings. The predicted octanol–water partition coefficient (Wildman–Crippen LogP) is 5.35. The molecule has 5 aromatic rings. The summed E-state index contributed by atoms with van der Waals surface area (Å²) in [4.78, 5) is 30.6. The van der Waals surface area contributed by atoms with Gasteiger partial charge in [-0.15, -0.1) is 0 Å². The van der Waals surface area contributed by atoms with Crippen LogP contribution >= 0.6 is 0 Å². The summed E-state index contributed by atoms with van der Waals surface area (Å²) in [6, 6.07) is 20.3. The first kappa shape index (κ1) is 23.1. The zero-order valence-electron chi connectivity index (χ0n) is 21.1. The van der Waals surface area contributed by atoms with Gasteiger partial charge in [0.05, 0.1) is 35.7 Å². The molecule has 0 bridgehead atoms. The van der Waals surface area contributed by atoms with Crippen molar-refractivity contribution in [3.63, 3.8) is 0 Å². The van der Waals surface area contributed by atoms with Gasteiger partial charge in [0, 0.05) is 43.0 Å². The van der Waals surface area contributed by atoms with Crippen molar-refractivity contribution in [1.29, 1.82) is 0 Å². The van der Waals surface area contributed by atoms with E-state index < -0.39 is 0 Å². The van der Waals surface area contributed by atoms with Gasteiger partial charge in [0.1, 0.15) is 11.3 Å². The maximum absolute atomic E-state index is 13.8. The molecule has 39 heavy (non-hydrogen) atoms. The Bertz CT molecular complexity index is 1710. The van der Waals surface area contributed by atoms with Crippen LogP contribution in [0.25, 0.3) is 22.2 Å². The Morgan fingerprint density at radius 2 is 1.74 bits per heavy atom. The average Bonchev–Trinajstić information content (AvgIpc) is 3.68. The molecule has 0 spiro atoms. The molecular weight excluding hydrogens is 496 g/mol. The van der Waals surface area contributed by atoms with E-state index in [4.69, 9.17) is 13.7 Å². The summed E-state index contributed by atoms with van der Waals surface area (Å²) < 4.78 is 16.5. The second-order valence-electron chi connectivity index (χ2n) is 9.54. The van der Waals surface area contributed by atoms with E-state index in [9.17, 15) is 9.59 Å². The second-order valence-corrected chi connectivity index (χ2v) is 9.54. The van der Waals surface area contributed by atoms with E-state index in [-0.39, 0.29) is 11.7 Å². The van der Waals surface area contributed by atoms with Gasteiger partial charge in [0.25, 0.3) is 5.91 Å². The minimum Gasteiger partial charge on any atom is -0.497 e. The third-order valence-corrected chi connectivity index (χ3v) is 7.39. The van der Waals surface area contributed by atoms with Crippen molar-refractivity contribution in [1.82, 2.24) is 10.1 Å². The molecule has 2 aliphatic rings. The number of benzene rings is 3. The zero-order valence-corrected chi connectivity index (χ0v) is 21.1. The molecule has 9 nitrogen and oxygen atoms in total. The normalized spacial score (nSPS) is 14.4. The van der Waals surface area contributed by atoms with Crippen LogP contribution in [0.5, 0.6) is 5.75 Å². The number of hydrogen-bond acceptors (Lipinski definition) is 8. The Hall–Kier alpha value is -5.05. The largest absolute Gasteiger partial charge is 0.497 e. The Balaban J connectivity index is 1.30. The lowest BCUT2D eigenvalue weighted by atomic mass is 9.86. The number of aromatic nitrogens is 1. The van der Waals surface area contributed by atoms with Gasteiger partial charge in [-0.25, -0.2) is 0 Å². The summed E-state index contributed by atoms with van der Waals surface area (Å²) in [7, 11) is 1.62. The van der Waals surface area contributed by atoms with Gasteiger partial charge in [-0.2, -0.15) is 0 Å².